The van der Waals surface area contributed by atoms with Gasteiger partial charge < -0.3 is 15.2 Å². The molecule has 2 aromatic heterocycles. The number of H-pyrrole nitrogens is 1. The van der Waals surface area contributed by atoms with Crippen LogP contribution in [0.2, 0.25) is 0 Å². The Kier molecular flexibility index (Phi) is 4.27. The zero-order valence-corrected chi connectivity index (χ0v) is 14.4. The van der Waals surface area contributed by atoms with Crippen molar-refractivity contribution in [3.8, 4) is 0 Å². The normalized spacial score (nSPS) is 14.5. The first-order valence-corrected chi connectivity index (χ1v) is 8.94. The molecule has 1 fully saturated rings. The summed E-state index contributed by atoms with van der Waals surface area (Å²) in [5.41, 5.74) is 3.16. The van der Waals surface area contributed by atoms with E-state index in [-0.39, 0.29) is 0 Å². The molecule has 0 amide bonds. The minimum atomic E-state index is 0.827. The molecule has 0 spiro atoms. The Balaban J connectivity index is 1.74. The van der Waals surface area contributed by atoms with Gasteiger partial charge in [-0.15, -0.1) is 0 Å². The standard InChI is InChI=1S/C17H20N6S/c1-18-24-12-4-5-15(23-8-2-3-9-23)14(10-12)22-17-13-6-7-19-16(13)20-11-21-17/h4-7,10-11,18H,2-3,8-9H2,1H3,(H2,19,20,21,22). The van der Waals surface area contributed by atoms with Crippen molar-refractivity contribution in [1.29, 1.82) is 0 Å². The van der Waals surface area contributed by atoms with Crippen LogP contribution < -0.4 is 14.9 Å². The third-order valence-electron chi connectivity index (χ3n) is 4.24. The molecule has 1 aliphatic heterocycles. The summed E-state index contributed by atoms with van der Waals surface area (Å²) in [6, 6.07) is 8.53. The summed E-state index contributed by atoms with van der Waals surface area (Å²) in [5, 5.41) is 4.52. The predicted molar refractivity (Wildman–Crippen MR) is 100.0 cm³/mol. The fourth-order valence-corrected chi connectivity index (χ4v) is 3.68. The van der Waals surface area contributed by atoms with E-state index in [4.69, 9.17) is 0 Å². The minimum Gasteiger partial charge on any atom is -0.370 e. The molecule has 3 aromatic rings. The van der Waals surface area contributed by atoms with E-state index < -0.39 is 0 Å². The van der Waals surface area contributed by atoms with Crippen molar-refractivity contribution in [3.63, 3.8) is 0 Å². The van der Waals surface area contributed by atoms with Crippen LogP contribution in [0.5, 0.6) is 0 Å². The number of aromatic amines is 1. The molecular weight excluding hydrogens is 320 g/mol. The predicted octanol–water partition coefficient (Wildman–Crippen LogP) is 3.53. The second-order valence-electron chi connectivity index (χ2n) is 5.77. The van der Waals surface area contributed by atoms with Gasteiger partial charge in [-0.25, -0.2) is 9.97 Å². The Morgan fingerprint density at radius 2 is 2.04 bits per heavy atom. The van der Waals surface area contributed by atoms with Gasteiger partial charge in [-0.3, -0.25) is 4.72 Å². The Morgan fingerprint density at radius 3 is 2.88 bits per heavy atom. The molecule has 3 N–H and O–H groups in total. The number of fused-ring (bicyclic) bond motifs is 1. The van der Waals surface area contributed by atoms with E-state index in [2.05, 4.69) is 48.1 Å². The fraction of sp³-hybridized carbons (Fsp3) is 0.294. The molecule has 1 saturated heterocycles. The summed E-state index contributed by atoms with van der Waals surface area (Å²) in [6.07, 6.45) is 5.98. The van der Waals surface area contributed by atoms with E-state index in [0.29, 0.717) is 0 Å². The first-order chi connectivity index (χ1) is 11.8. The third kappa shape index (κ3) is 2.92. The highest BCUT2D eigenvalue weighted by Gasteiger charge is 2.17. The molecule has 24 heavy (non-hydrogen) atoms. The third-order valence-corrected chi connectivity index (χ3v) is 4.94. The van der Waals surface area contributed by atoms with Gasteiger partial charge in [0.1, 0.15) is 17.8 Å². The summed E-state index contributed by atoms with van der Waals surface area (Å²) in [7, 11) is 1.93. The number of hydrogen-bond acceptors (Lipinski definition) is 6. The highest BCUT2D eigenvalue weighted by atomic mass is 32.2. The number of hydrogen-bond donors (Lipinski definition) is 3. The van der Waals surface area contributed by atoms with Crippen LogP contribution in [-0.4, -0.2) is 35.1 Å². The van der Waals surface area contributed by atoms with Crippen molar-refractivity contribution in [2.75, 3.05) is 30.4 Å². The van der Waals surface area contributed by atoms with Crippen molar-refractivity contribution in [3.05, 3.63) is 36.8 Å². The van der Waals surface area contributed by atoms with Gasteiger partial charge in [0.25, 0.3) is 0 Å². The van der Waals surface area contributed by atoms with Crippen molar-refractivity contribution in [2.45, 2.75) is 17.7 Å². The van der Waals surface area contributed by atoms with Crippen molar-refractivity contribution < 1.29 is 0 Å². The second kappa shape index (κ2) is 6.70. The number of benzene rings is 1. The average Bonchev–Trinajstić information content (AvgIpc) is 3.27. The summed E-state index contributed by atoms with van der Waals surface area (Å²) in [4.78, 5) is 15.4. The molecule has 1 aromatic carbocycles. The Morgan fingerprint density at radius 1 is 1.17 bits per heavy atom. The fourth-order valence-electron chi connectivity index (χ4n) is 3.13. The smallest absolute Gasteiger partial charge is 0.143 e. The van der Waals surface area contributed by atoms with E-state index in [1.165, 1.54) is 23.4 Å². The van der Waals surface area contributed by atoms with E-state index in [0.717, 1.165) is 35.6 Å². The molecular formula is C17H20N6S. The first-order valence-electron chi connectivity index (χ1n) is 8.13. The Bertz CT molecular complexity index is 840. The SMILES string of the molecule is CNSc1ccc(N2CCCC2)c(Nc2ncnc3[nH]ccc23)c1. The van der Waals surface area contributed by atoms with Crippen LogP contribution in [0.4, 0.5) is 17.2 Å². The van der Waals surface area contributed by atoms with Crippen LogP contribution in [0, 0.1) is 0 Å². The molecule has 0 radical (unpaired) electrons. The van der Waals surface area contributed by atoms with E-state index in [9.17, 15) is 0 Å². The van der Waals surface area contributed by atoms with Gasteiger partial charge in [0.2, 0.25) is 0 Å². The van der Waals surface area contributed by atoms with Gasteiger partial charge >= 0.3 is 0 Å². The Hall–Kier alpha value is -2.25. The molecule has 1 aliphatic rings. The minimum absolute atomic E-state index is 0.827. The van der Waals surface area contributed by atoms with Gasteiger partial charge in [0.05, 0.1) is 16.8 Å². The zero-order valence-electron chi connectivity index (χ0n) is 13.5. The van der Waals surface area contributed by atoms with Crippen LogP contribution in [0.25, 0.3) is 11.0 Å². The molecule has 0 unspecified atom stereocenters. The lowest BCUT2D eigenvalue weighted by molar-refractivity contribution is 0.949. The van der Waals surface area contributed by atoms with Gasteiger partial charge in [0.15, 0.2) is 0 Å². The molecule has 4 rings (SSSR count). The van der Waals surface area contributed by atoms with Gasteiger partial charge in [-0.2, -0.15) is 0 Å². The van der Waals surface area contributed by atoms with Gasteiger partial charge in [-0.05, 0) is 56.1 Å². The van der Waals surface area contributed by atoms with Crippen LogP contribution in [0.1, 0.15) is 12.8 Å². The summed E-state index contributed by atoms with van der Waals surface area (Å²) in [5.74, 6) is 0.827. The van der Waals surface area contributed by atoms with Gasteiger partial charge in [-0.1, -0.05) is 0 Å². The average molecular weight is 340 g/mol. The topological polar surface area (TPSA) is 68.9 Å². The largest absolute Gasteiger partial charge is 0.370 e. The quantitative estimate of drug-likeness (QED) is 0.617. The first kappa shape index (κ1) is 15.3. The lowest BCUT2D eigenvalue weighted by Gasteiger charge is -2.22. The molecule has 0 bridgehead atoms. The molecule has 3 heterocycles. The summed E-state index contributed by atoms with van der Waals surface area (Å²) >= 11 is 1.61. The molecule has 0 atom stereocenters. The monoisotopic (exact) mass is 340 g/mol. The maximum absolute atomic E-state index is 4.43. The van der Waals surface area contributed by atoms with E-state index in [1.807, 2.05) is 19.3 Å². The summed E-state index contributed by atoms with van der Waals surface area (Å²) in [6.45, 7) is 2.22. The lowest BCUT2D eigenvalue weighted by Crippen LogP contribution is -2.19. The van der Waals surface area contributed by atoms with Crippen LogP contribution in [0.3, 0.4) is 0 Å². The summed E-state index contributed by atoms with van der Waals surface area (Å²) < 4.78 is 3.13. The highest BCUT2D eigenvalue weighted by Crippen LogP contribution is 2.35. The molecule has 7 heteroatoms. The molecule has 6 nitrogen and oxygen atoms in total. The lowest BCUT2D eigenvalue weighted by atomic mass is 10.2. The second-order valence-corrected chi connectivity index (χ2v) is 6.85. The number of nitrogens with one attached hydrogen (secondary N) is 3. The number of rotatable bonds is 5. The van der Waals surface area contributed by atoms with Crippen LogP contribution in [0.15, 0.2) is 41.7 Å². The van der Waals surface area contributed by atoms with Crippen molar-refractivity contribution in [1.82, 2.24) is 19.7 Å². The van der Waals surface area contributed by atoms with E-state index >= 15 is 0 Å². The number of anilines is 3. The van der Waals surface area contributed by atoms with Crippen LogP contribution >= 0.6 is 11.9 Å². The van der Waals surface area contributed by atoms with Gasteiger partial charge in [0, 0.05) is 24.2 Å². The number of nitrogens with zero attached hydrogens (tertiary/aromatic N) is 3. The zero-order chi connectivity index (χ0) is 16.4. The maximum Gasteiger partial charge on any atom is 0.143 e. The van der Waals surface area contributed by atoms with Crippen LogP contribution in [-0.2, 0) is 0 Å². The molecule has 124 valence electrons. The van der Waals surface area contributed by atoms with E-state index in [1.54, 1.807) is 18.3 Å². The van der Waals surface area contributed by atoms with Crippen molar-refractivity contribution >= 4 is 40.2 Å². The maximum atomic E-state index is 4.43. The molecule has 0 saturated carbocycles. The Labute approximate surface area is 145 Å². The van der Waals surface area contributed by atoms with Crippen molar-refractivity contribution in [2.24, 2.45) is 0 Å². The highest BCUT2D eigenvalue weighted by molar-refractivity contribution is 7.97. The number of aromatic nitrogens is 3. The molecule has 0 aliphatic carbocycles.